The highest BCUT2D eigenvalue weighted by Crippen LogP contribution is 2.27. The number of alkyl carbamates (subject to hydrolysis) is 1. The Bertz CT molecular complexity index is 1340. The summed E-state index contributed by atoms with van der Waals surface area (Å²) in [4.78, 5) is 47.9. The molecule has 2 amide bonds. The van der Waals surface area contributed by atoms with Gasteiger partial charge in [0.05, 0.1) is 11.3 Å². The van der Waals surface area contributed by atoms with Crippen LogP contribution in [0, 0.1) is 5.92 Å². The number of para-hydroxylation sites is 1. The number of thioether (sulfide) groups is 1. The first-order valence-corrected chi connectivity index (χ1v) is 14.6. The number of ether oxygens (including phenoxy) is 1. The van der Waals surface area contributed by atoms with Crippen LogP contribution < -0.4 is 10.2 Å². The van der Waals surface area contributed by atoms with Crippen molar-refractivity contribution < 1.29 is 19.1 Å². The molecular weight excluding hydrogens is 524 g/mol. The third-order valence-electron chi connectivity index (χ3n) is 6.72. The number of ketones is 1. The highest BCUT2D eigenvalue weighted by atomic mass is 32.2. The normalized spacial score (nSPS) is 14.8. The van der Waals surface area contributed by atoms with E-state index in [4.69, 9.17) is 4.74 Å². The summed E-state index contributed by atoms with van der Waals surface area (Å²) in [7, 11) is 0. The first kappa shape index (κ1) is 29.4. The van der Waals surface area contributed by atoms with Crippen molar-refractivity contribution in [2.75, 3.05) is 36.8 Å². The molecule has 40 heavy (non-hydrogen) atoms. The summed E-state index contributed by atoms with van der Waals surface area (Å²) in [5.41, 5.74) is 1.98. The van der Waals surface area contributed by atoms with Gasteiger partial charge in [-0.05, 0) is 63.1 Å². The molecule has 4 rings (SSSR count). The van der Waals surface area contributed by atoms with Crippen LogP contribution in [0.3, 0.4) is 0 Å². The number of anilines is 1. The summed E-state index contributed by atoms with van der Waals surface area (Å²) in [6.45, 7) is 11.7. The second-order valence-corrected chi connectivity index (χ2v) is 12.3. The van der Waals surface area contributed by atoms with Gasteiger partial charge in [-0.3, -0.25) is 14.6 Å². The second kappa shape index (κ2) is 12.7. The maximum Gasteiger partial charge on any atom is 0.408 e. The third kappa shape index (κ3) is 7.53. The Morgan fingerprint density at radius 1 is 0.975 bits per heavy atom. The fourth-order valence-electron chi connectivity index (χ4n) is 4.61. The van der Waals surface area contributed by atoms with Crippen LogP contribution in [-0.2, 0) is 9.53 Å². The summed E-state index contributed by atoms with van der Waals surface area (Å²) in [6, 6.07) is 16.9. The number of carbonyl (C=O) groups excluding carboxylic acids is 3. The molecule has 0 bridgehead atoms. The number of Topliss-reactive ketones (excluding diaryl/α,β-unsaturated/α-hetero) is 1. The molecule has 0 aliphatic carbocycles. The zero-order chi connectivity index (χ0) is 28.9. The number of nitrogens with one attached hydrogen (secondary N) is 1. The van der Waals surface area contributed by atoms with Crippen molar-refractivity contribution in [1.29, 1.82) is 0 Å². The topological polar surface area (TPSA) is 91.8 Å². The fraction of sp³-hybridized carbons (Fsp3) is 0.419. The second-order valence-electron chi connectivity index (χ2n) is 11.3. The van der Waals surface area contributed by atoms with Crippen molar-refractivity contribution >= 4 is 46.1 Å². The molecule has 1 N–H and O–H groups in total. The minimum atomic E-state index is -0.644. The number of pyridine rings is 1. The Hall–Kier alpha value is -3.59. The number of benzene rings is 2. The molecule has 2 aromatic carbocycles. The highest BCUT2D eigenvalue weighted by molar-refractivity contribution is 8.00. The minimum absolute atomic E-state index is 0.0708. The summed E-state index contributed by atoms with van der Waals surface area (Å²) in [5, 5.41) is 3.81. The lowest BCUT2D eigenvalue weighted by Crippen LogP contribution is -2.56. The molecule has 3 aromatic rings. The van der Waals surface area contributed by atoms with E-state index >= 15 is 0 Å². The number of aromatic nitrogens is 1. The van der Waals surface area contributed by atoms with Gasteiger partial charge in [0.1, 0.15) is 11.6 Å². The molecule has 1 aromatic heterocycles. The maximum atomic E-state index is 13.2. The molecule has 212 valence electrons. The van der Waals surface area contributed by atoms with Gasteiger partial charge in [-0.25, -0.2) is 4.79 Å². The molecule has 0 unspecified atom stereocenters. The van der Waals surface area contributed by atoms with Gasteiger partial charge in [0, 0.05) is 53.9 Å². The van der Waals surface area contributed by atoms with Crippen LogP contribution in [0.1, 0.15) is 45.0 Å². The summed E-state index contributed by atoms with van der Waals surface area (Å²) < 4.78 is 5.36. The first-order valence-electron chi connectivity index (χ1n) is 13.6. The highest BCUT2D eigenvalue weighted by Gasteiger charge is 2.32. The van der Waals surface area contributed by atoms with Gasteiger partial charge in [0.2, 0.25) is 5.91 Å². The molecule has 0 radical (unpaired) electrons. The lowest BCUT2D eigenvalue weighted by Gasteiger charge is -2.38. The summed E-state index contributed by atoms with van der Waals surface area (Å²) >= 11 is 1.53. The average Bonchev–Trinajstić information content (AvgIpc) is 2.93. The molecule has 1 aliphatic heterocycles. The molecule has 1 fully saturated rings. The Kier molecular flexibility index (Phi) is 9.35. The van der Waals surface area contributed by atoms with E-state index in [2.05, 4.69) is 15.2 Å². The van der Waals surface area contributed by atoms with Crippen molar-refractivity contribution in [3.8, 4) is 0 Å². The van der Waals surface area contributed by atoms with E-state index in [1.54, 1.807) is 31.9 Å². The van der Waals surface area contributed by atoms with Crippen molar-refractivity contribution in [2.45, 2.75) is 51.2 Å². The number of hydrogen-bond donors (Lipinski definition) is 1. The molecule has 2 heterocycles. The molecule has 8 nitrogen and oxygen atoms in total. The Balaban J connectivity index is 1.30. The lowest BCUT2D eigenvalue weighted by molar-refractivity contribution is -0.134. The standard InChI is InChI=1S/C31H38N4O4S/c1-21(2)28(33-30(38)39-31(3,4)5)29(37)35-18-16-34(17-19-35)23-12-10-22(11-13-23)26(36)20-40-27-14-15-32-25-9-7-6-8-24(25)27/h6-15,21,28H,16-20H2,1-5H3,(H,33,38)/t28-/m0/s1. The largest absolute Gasteiger partial charge is 0.444 e. The summed E-state index contributed by atoms with van der Waals surface area (Å²) in [5.74, 6) is 0.257. The van der Waals surface area contributed by atoms with E-state index in [-0.39, 0.29) is 17.6 Å². The Labute approximate surface area is 240 Å². The SMILES string of the molecule is CC(C)[C@H](NC(=O)OC(C)(C)C)C(=O)N1CCN(c2ccc(C(=O)CSc3ccnc4ccccc34)cc2)CC1. The number of rotatable bonds is 8. The quantitative estimate of drug-likeness (QED) is 0.290. The number of nitrogens with zero attached hydrogens (tertiary/aromatic N) is 3. The predicted molar refractivity (Wildman–Crippen MR) is 160 cm³/mol. The van der Waals surface area contributed by atoms with Crippen LogP contribution in [0.2, 0.25) is 0 Å². The number of amides is 2. The van der Waals surface area contributed by atoms with Gasteiger partial charge in [0.15, 0.2) is 5.78 Å². The van der Waals surface area contributed by atoms with Gasteiger partial charge in [-0.1, -0.05) is 32.0 Å². The first-order chi connectivity index (χ1) is 19.0. The van der Waals surface area contributed by atoms with Gasteiger partial charge in [0.25, 0.3) is 0 Å². The monoisotopic (exact) mass is 562 g/mol. The van der Waals surface area contributed by atoms with E-state index in [0.29, 0.717) is 37.5 Å². The van der Waals surface area contributed by atoms with E-state index in [0.717, 1.165) is 21.5 Å². The minimum Gasteiger partial charge on any atom is -0.444 e. The predicted octanol–water partition coefficient (Wildman–Crippen LogP) is 5.41. The molecule has 1 atom stereocenters. The smallest absolute Gasteiger partial charge is 0.408 e. The zero-order valence-corrected chi connectivity index (χ0v) is 24.7. The number of piperazine rings is 1. The maximum absolute atomic E-state index is 13.2. The fourth-order valence-corrected chi connectivity index (χ4v) is 5.55. The van der Waals surface area contributed by atoms with Gasteiger partial charge in [-0.15, -0.1) is 11.8 Å². The molecule has 1 aliphatic rings. The van der Waals surface area contributed by atoms with Crippen molar-refractivity contribution in [2.24, 2.45) is 5.92 Å². The van der Waals surface area contributed by atoms with Crippen LogP contribution >= 0.6 is 11.8 Å². The van der Waals surface area contributed by atoms with Crippen LogP contribution in [0.15, 0.2) is 65.7 Å². The van der Waals surface area contributed by atoms with E-state index in [1.165, 1.54) is 11.8 Å². The molecule has 9 heteroatoms. The third-order valence-corrected chi connectivity index (χ3v) is 7.79. The van der Waals surface area contributed by atoms with Crippen molar-refractivity contribution in [3.63, 3.8) is 0 Å². The number of hydrogen-bond acceptors (Lipinski definition) is 7. The molecule has 0 spiro atoms. The van der Waals surface area contributed by atoms with E-state index in [1.807, 2.05) is 68.4 Å². The molecular formula is C31H38N4O4S. The van der Waals surface area contributed by atoms with Crippen molar-refractivity contribution in [1.82, 2.24) is 15.2 Å². The molecule has 1 saturated heterocycles. The molecule has 0 saturated carbocycles. The van der Waals surface area contributed by atoms with E-state index < -0.39 is 17.7 Å². The Morgan fingerprint density at radius 3 is 2.30 bits per heavy atom. The summed E-state index contributed by atoms with van der Waals surface area (Å²) in [6.07, 6.45) is 1.19. The van der Waals surface area contributed by atoms with Crippen LogP contribution in [0.5, 0.6) is 0 Å². The van der Waals surface area contributed by atoms with Gasteiger partial charge in [-0.2, -0.15) is 0 Å². The van der Waals surface area contributed by atoms with Gasteiger partial charge < -0.3 is 19.9 Å². The van der Waals surface area contributed by atoms with Crippen molar-refractivity contribution in [3.05, 3.63) is 66.4 Å². The number of fused-ring (bicyclic) bond motifs is 1. The average molecular weight is 563 g/mol. The Morgan fingerprint density at radius 2 is 1.65 bits per heavy atom. The van der Waals surface area contributed by atoms with Crippen LogP contribution in [0.25, 0.3) is 10.9 Å². The van der Waals surface area contributed by atoms with Gasteiger partial charge >= 0.3 is 6.09 Å². The zero-order valence-electron chi connectivity index (χ0n) is 23.8. The van der Waals surface area contributed by atoms with E-state index in [9.17, 15) is 14.4 Å². The lowest BCUT2D eigenvalue weighted by atomic mass is 10.0. The number of carbonyl (C=O) groups is 3. The van der Waals surface area contributed by atoms with Crippen LogP contribution in [0.4, 0.5) is 10.5 Å². The van der Waals surface area contributed by atoms with Crippen LogP contribution in [-0.4, -0.2) is 71.2 Å².